The molecule has 0 saturated carbocycles. The number of benzene rings is 1. The van der Waals surface area contributed by atoms with Crippen LogP contribution in [-0.4, -0.2) is 16.6 Å². The molecule has 2 rings (SSSR count). The van der Waals surface area contributed by atoms with Crippen molar-refractivity contribution in [3.8, 4) is 11.3 Å². The molecule has 4 nitrogen and oxygen atoms in total. The van der Waals surface area contributed by atoms with Crippen LogP contribution < -0.4 is 5.73 Å². The van der Waals surface area contributed by atoms with Crippen molar-refractivity contribution in [3.63, 3.8) is 0 Å². The first-order valence-corrected chi connectivity index (χ1v) is 6.08. The average Bonchev–Trinajstić information content (AvgIpc) is 2.39. The fraction of sp³-hybridized carbons (Fsp3) is 0.286. The molecule has 0 aliphatic carbocycles. The van der Waals surface area contributed by atoms with Gasteiger partial charge in [0, 0.05) is 18.2 Å². The molecule has 1 aromatic carbocycles. The molecule has 100 valence electrons. The molecule has 1 aromatic heterocycles. The number of hydrogen-bond acceptors (Lipinski definition) is 4. The van der Waals surface area contributed by atoms with Gasteiger partial charge >= 0.3 is 0 Å². The highest BCUT2D eigenvalue weighted by Crippen LogP contribution is 2.21. The molecule has 0 aliphatic heterocycles. The van der Waals surface area contributed by atoms with Crippen LogP contribution in [0.3, 0.4) is 0 Å². The Morgan fingerprint density at radius 1 is 1.26 bits per heavy atom. The topological polar surface area (TPSA) is 61.0 Å². The average molecular weight is 261 g/mol. The van der Waals surface area contributed by atoms with E-state index in [2.05, 4.69) is 9.97 Å². The minimum atomic E-state index is -0.263. The molecule has 2 N–H and O–H groups in total. The summed E-state index contributed by atoms with van der Waals surface area (Å²) in [4.78, 5) is 8.41. The summed E-state index contributed by atoms with van der Waals surface area (Å²) >= 11 is 0. The summed E-state index contributed by atoms with van der Waals surface area (Å²) in [5.41, 5.74) is 7.61. The van der Waals surface area contributed by atoms with Crippen LogP contribution in [0, 0.1) is 12.7 Å². The molecule has 0 radical (unpaired) electrons. The van der Waals surface area contributed by atoms with Crippen molar-refractivity contribution < 1.29 is 9.13 Å². The lowest BCUT2D eigenvalue weighted by Crippen LogP contribution is -2.03. The first kappa shape index (κ1) is 13.4. The summed E-state index contributed by atoms with van der Waals surface area (Å²) in [6.45, 7) is 4.48. The third-order valence-electron chi connectivity index (χ3n) is 2.70. The maximum absolute atomic E-state index is 13.6. The van der Waals surface area contributed by atoms with E-state index >= 15 is 0 Å². The third-order valence-corrected chi connectivity index (χ3v) is 2.70. The molecule has 0 atom stereocenters. The van der Waals surface area contributed by atoms with Gasteiger partial charge < -0.3 is 10.5 Å². The van der Waals surface area contributed by atoms with E-state index in [1.165, 1.54) is 6.07 Å². The van der Waals surface area contributed by atoms with Gasteiger partial charge in [0.15, 0.2) is 5.82 Å². The summed E-state index contributed by atoms with van der Waals surface area (Å²) in [6, 6.07) is 6.59. The molecule has 0 fully saturated rings. The molecule has 2 aromatic rings. The summed E-state index contributed by atoms with van der Waals surface area (Å²) < 4.78 is 18.8. The van der Waals surface area contributed by atoms with Gasteiger partial charge in [0.25, 0.3) is 0 Å². The number of hydrogen-bond donors (Lipinski definition) is 1. The number of nitrogens with two attached hydrogens (primary N) is 1. The number of anilines is 1. The zero-order chi connectivity index (χ0) is 13.8. The van der Waals surface area contributed by atoms with Gasteiger partial charge in [-0.1, -0.05) is 12.1 Å². The van der Waals surface area contributed by atoms with Crippen LogP contribution in [0.5, 0.6) is 0 Å². The Labute approximate surface area is 111 Å². The molecule has 5 heteroatoms. The van der Waals surface area contributed by atoms with Crippen LogP contribution in [0.2, 0.25) is 0 Å². The van der Waals surface area contributed by atoms with E-state index in [4.69, 9.17) is 10.5 Å². The summed E-state index contributed by atoms with van der Waals surface area (Å²) in [6.07, 6.45) is 0. The molecule has 0 amide bonds. The normalized spacial score (nSPS) is 10.7. The Kier molecular flexibility index (Phi) is 4.06. The number of nitrogen functional groups attached to an aromatic ring is 1. The molecule has 0 unspecified atom stereocenters. The molecule has 0 bridgehead atoms. The van der Waals surface area contributed by atoms with E-state index in [1.54, 1.807) is 19.1 Å². The van der Waals surface area contributed by atoms with Crippen molar-refractivity contribution in [3.05, 3.63) is 41.5 Å². The number of rotatable bonds is 4. The van der Waals surface area contributed by atoms with Gasteiger partial charge in [-0.15, -0.1) is 0 Å². The van der Waals surface area contributed by atoms with Crippen LogP contribution in [-0.2, 0) is 11.3 Å². The second-order valence-electron chi connectivity index (χ2n) is 4.20. The lowest BCUT2D eigenvalue weighted by molar-refractivity contribution is 0.128. The van der Waals surface area contributed by atoms with Crippen LogP contribution in [0.1, 0.15) is 18.3 Å². The fourth-order valence-corrected chi connectivity index (χ4v) is 1.68. The molecular formula is C14H16FN3O. The minimum absolute atomic E-state index is 0.263. The second-order valence-corrected chi connectivity index (χ2v) is 4.20. The molecule has 0 aliphatic rings. The molecule has 19 heavy (non-hydrogen) atoms. The van der Waals surface area contributed by atoms with Crippen molar-refractivity contribution in [2.75, 3.05) is 12.3 Å². The van der Waals surface area contributed by atoms with Crippen LogP contribution in [0.4, 0.5) is 10.2 Å². The monoisotopic (exact) mass is 261 g/mol. The van der Waals surface area contributed by atoms with Crippen LogP contribution >= 0.6 is 0 Å². The standard InChI is InChI=1S/C14H16FN3O/c1-3-19-8-14-17-12(7-13(16)18-14)10-5-4-9(2)11(15)6-10/h4-7H,3,8H2,1-2H3,(H2,16,17,18). The summed E-state index contributed by atoms with van der Waals surface area (Å²) in [7, 11) is 0. The van der Waals surface area contributed by atoms with Gasteiger partial charge in [0.1, 0.15) is 18.2 Å². The molecule has 1 heterocycles. The fourth-order valence-electron chi connectivity index (χ4n) is 1.68. The van der Waals surface area contributed by atoms with Crippen molar-refractivity contribution in [2.24, 2.45) is 0 Å². The zero-order valence-corrected chi connectivity index (χ0v) is 11.0. The van der Waals surface area contributed by atoms with Gasteiger partial charge in [0.05, 0.1) is 5.69 Å². The Hall–Kier alpha value is -2.01. The maximum Gasteiger partial charge on any atom is 0.157 e. The predicted molar refractivity (Wildman–Crippen MR) is 71.9 cm³/mol. The summed E-state index contributed by atoms with van der Waals surface area (Å²) in [5.74, 6) is 0.583. The molecule has 0 saturated heterocycles. The highest BCUT2D eigenvalue weighted by Gasteiger charge is 2.07. The number of aryl methyl sites for hydroxylation is 1. The number of nitrogens with zero attached hydrogens (tertiary/aromatic N) is 2. The van der Waals surface area contributed by atoms with E-state index in [9.17, 15) is 4.39 Å². The number of ether oxygens (including phenoxy) is 1. The Morgan fingerprint density at radius 3 is 2.74 bits per heavy atom. The quantitative estimate of drug-likeness (QED) is 0.919. The zero-order valence-electron chi connectivity index (χ0n) is 11.0. The van der Waals surface area contributed by atoms with E-state index in [0.717, 1.165) is 0 Å². The maximum atomic E-state index is 13.6. The summed E-state index contributed by atoms with van der Waals surface area (Å²) in [5, 5.41) is 0. The van der Waals surface area contributed by atoms with Gasteiger partial charge in [0.2, 0.25) is 0 Å². The van der Waals surface area contributed by atoms with E-state index in [-0.39, 0.29) is 5.82 Å². The van der Waals surface area contributed by atoms with E-state index < -0.39 is 0 Å². The van der Waals surface area contributed by atoms with E-state index in [0.29, 0.717) is 41.7 Å². The van der Waals surface area contributed by atoms with Gasteiger partial charge in [-0.2, -0.15) is 0 Å². The lowest BCUT2D eigenvalue weighted by atomic mass is 10.1. The Morgan fingerprint density at radius 2 is 2.05 bits per heavy atom. The van der Waals surface area contributed by atoms with Crippen molar-refractivity contribution in [1.82, 2.24) is 9.97 Å². The Bertz CT molecular complexity index is 587. The second kappa shape index (κ2) is 5.75. The highest BCUT2D eigenvalue weighted by atomic mass is 19.1. The largest absolute Gasteiger partial charge is 0.384 e. The first-order chi connectivity index (χ1) is 9.10. The highest BCUT2D eigenvalue weighted by molar-refractivity contribution is 5.62. The first-order valence-electron chi connectivity index (χ1n) is 6.08. The molecular weight excluding hydrogens is 245 g/mol. The minimum Gasteiger partial charge on any atom is -0.384 e. The Balaban J connectivity index is 2.37. The van der Waals surface area contributed by atoms with Gasteiger partial charge in [-0.05, 0) is 25.5 Å². The SMILES string of the molecule is CCOCc1nc(N)cc(-c2ccc(C)c(F)c2)n1. The van der Waals surface area contributed by atoms with Crippen molar-refractivity contribution in [2.45, 2.75) is 20.5 Å². The lowest BCUT2D eigenvalue weighted by Gasteiger charge is -2.07. The predicted octanol–water partition coefficient (Wildman–Crippen LogP) is 2.71. The third kappa shape index (κ3) is 3.26. The molecule has 0 spiro atoms. The van der Waals surface area contributed by atoms with Crippen LogP contribution in [0.25, 0.3) is 11.3 Å². The van der Waals surface area contributed by atoms with Crippen molar-refractivity contribution >= 4 is 5.82 Å². The number of aromatic nitrogens is 2. The smallest absolute Gasteiger partial charge is 0.157 e. The van der Waals surface area contributed by atoms with Gasteiger partial charge in [-0.3, -0.25) is 0 Å². The van der Waals surface area contributed by atoms with Crippen molar-refractivity contribution in [1.29, 1.82) is 0 Å². The number of halogens is 1. The van der Waals surface area contributed by atoms with E-state index in [1.807, 2.05) is 13.0 Å². The van der Waals surface area contributed by atoms with Gasteiger partial charge in [-0.25, -0.2) is 14.4 Å². The van der Waals surface area contributed by atoms with Crippen LogP contribution in [0.15, 0.2) is 24.3 Å².